The van der Waals surface area contributed by atoms with Crippen molar-refractivity contribution in [3.8, 4) is 11.5 Å². The zero-order valence-electron chi connectivity index (χ0n) is 14.5. The van der Waals surface area contributed by atoms with Gasteiger partial charge in [0.05, 0.1) is 31.5 Å². The first-order valence-electron chi connectivity index (χ1n) is 8.05. The molecule has 0 radical (unpaired) electrons. The molecule has 0 unspecified atom stereocenters. The first-order valence-corrected chi connectivity index (χ1v) is 9.31. The van der Waals surface area contributed by atoms with Crippen LogP contribution in [-0.4, -0.2) is 38.1 Å². The quantitative estimate of drug-likeness (QED) is 0.852. The van der Waals surface area contributed by atoms with Gasteiger partial charge < -0.3 is 14.8 Å². The van der Waals surface area contributed by atoms with Crippen LogP contribution in [0.4, 0.5) is 5.69 Å². The highest BCUT2D eigenvalue weighted by Crippen LogP contribution is 2.36. The van der Waals surface area contributed by atoms with Crippen LogP contribution in [0.1, 0.15) is 23.4 Å². The van der Waals surface area contributed by atoms with Gasteiger partial charge in [0.1, 0.15) is 11.5 Å². The maximum Gasteiger partial charge on any atom is 0.238 e. The van der Waals surface area contributed by atoms with Crippen LogP contribution >= 0.6 is 22.9 Å². The lowest BCUT2D eigenvalue weighted by atomic mass is 10.0. The highest BCUT2D eigenvalue weighted by molar-refractivity contribution is 7.10. The van der Waals surface area contributed by atoms with Crippen molar-refractivity contribution in [3.63, 3.8) is 0 Å². The summed E-state index contributed by atoms with van der Waals surface area (Å²) in [4.78, 5) is 16.1. The molecular weight excluding hydrogens is 360 g/mol. The van der Waals surface area contributed by atoms with Gasteiger partial charge in [-0.25, -0.2) is 0 Å². The number of fused-ring (bicyclic) bond motifs is 1. The molecule has 1 atom stereocenters. The lowest BCUT2D eigenvalue weighted by Crippen LogP contribution is -2.39. The molecular formula is C18H21ClN2O3S. The smallest absolute Gasteiger partial charge is 0.238 e. The topological polar surface area (TPSA) is 50.8 Å². The van der Waals surface area contributed by atoms with Gasteiger partial charge in [0.25, 0.3) is 0 Å². The van der Waals surface area contributed by atoms with Crippen LogP contribution in [0.2, 0.25) is 5.02 Å². The van der Waals surface area contributed by atoms with Crippen LogP contribution in [0.3, 0.4) is 0 Å². The predicted octanol–water partition coefficient (Wildman–Crippen LogP) is 3.98. The number of hydrogen-bond acceptors (Lipinski definition) is 5. The number of thiophene rings is 1. The third-order valence-electron chi connectivity index (χ3n) is 4.50. The van der Waals surface area contributed by atoms with E-state index in [9.17, 15) is 4.79 Å². The lowest BCUT2D eigenvalue weighted by Gasteiger charge is -2.33. The summed E-state index contributed by atoms with van der Waals surface area (Å²) in [7, 11) is 3.08. The van der Waals surface area contributed by atoms with Crippen molar-refractivity contribution < 1.29 is 14.3 Å². The van der Waals surface area contributed by atoms with Crippen molar-refractivity contribution in [1.29, 1.82) is 0 Å². The van der Waals surface area contributed by atoms with E-state index in [1.54, 1.807) is 30.6 Å². The van der Waals surface area contributed by atoms with E-state index >= 15 is 0 Å². The van der Waals surface area contributed by atoms with Gasteiger partial charge >= 0.3 is 0 Å². The number of nitrogens with one attached hydrogen (secondary N) is 1. The molecule has 1 amide bonds. The van der Waals surface area contributed by atoms with Crippen molar-refractivity contribution in [1.82, 2.24) is 4.90 Å². The average Bonchev–Trinajstić information content (AvgIpc) is 3.07. The largest absolute Gasteiger partial charge is 0.495 e. The van der Waals surface area contributed by atoms with Crippen molar-refractivity contribution in [2.75, 3.05) is 32.6 Å². The Labute approximate surface area is 156 Å². The summed E-state index contributed by atoms with van der Waals surface area (Å²) in [5, 5.41) is 5.44. The number of carbonyl (C=O) groups excluding carboxylic acids is 1. The normalized spacial score (nSPS) is 17.0. The number of carbonyl (C=O) groups is 1. The number of anilines is 1. The van der Waals surface area contributed by atoms with Gasteiger partial charge in [-0.2, -0.15) is 0 Å². The number of hydrogen-bond donors (Lipinski definition) is 1. The molecule has 1 aromatic heterocycles. The van der Waals surface area contributed by atoms with Gasteiger partial charge in [-0.05, 0) is 36.4 Å². The molecule has 25 heavy (non-hydrogen) atoms. The van der Waals surface area contributed by atoms with Gasteiger partial charge in [0.15, 0.2) is 0 Å². The Kier molecular flexibility index (Phi) is 5.51. The summed E-state index contributed by atoms with van der Waals surface area (Å²) in [6, 6.07) is 5.70. The van der Waals surface area contributed by atoms with Gasteiger partial charge in [-0.15, -0.1) is 11.3 Å². The zero-order valence-corrected chi connectivity index (χ0v) is 16.0. The lowest BCUT2D eigenvalue weighted by molar-refractivity contribution is -0.117. The van der Waals surface area contributed by atoms with Crippen molar-refractivity contribution in [3.05, 3.63) is 39.0 Å². The summed E-state index contributed by atoms with van der Waals surface area (Å²) in [6.45, 7) is 3.34. The Hall–Kier alpha value is -1.76. The fourth-order valence-electron chi connectivity index (χ4n) is 3.11. The molecule has 2 aromatic rings. The number of amides is 1. The Balaban J connectivity index is 1.70. The molecule has 2 heterocycles. The molecule has 0 aliphatic carbocycles. The maximum atomic E-state index is 12.5. The molecule has 0 spiro atoms. The monoisotopic (exact) mass is 380 g/mol. The van der Waals surface area contributed by atoms with Gasteiger partial charge in [0, 0.05) is 23.5 Å². The summed E-state index contributed by atoms with van der Waals surface area (Å²) in [5.41, 5.74) is 1.87. The molecule has 3 rings (SSSR count). The van der Waals surface area contributed by atoms with Crippen molar-refractivity contribution in [2.45, 2.75) is 19.4 Å². The Morgan fingerprint density at radius 1 is 1.36 bits per heavy atom. The first-order chi connectivity index (χ1) is 12.0. The minimum Gasteiger partial charge on any atom is -0.495 e. The number of methoxy groups -OCH3 is 2. The average molecular weight is 381 g/mol. The number of halogens is 1. The zero-order chi connectivity index (χ0) is 18.0. The minimum atomic E-state index is -0.0925. The molecule has 1 N–H and O–H groups in total. The maximum absolute atomic E-state index is 12.5. The van der Waals surface area contributed by atoms with Crippen molar-refractivity contribution in [2.24, 2.45) is 0 Å². The summed E-state index contributed by atoms with van der Waals surface area (Å²) in [5.74, 6) is 0.928. The second kappa shape index (κ2) is 7.64. The van der Waals surface area contributed by atoms with Gasteiger partial charge in [-0.3, -0.25) is 9.69 Å². The molecule has 1 aliphatic rings. The molecule has 0 fully saturated rings. The number of ether oxygens (including phenoxy) is 2. The van der Waals surface area contributed by atoms with Crippen LogP contribution in [0.5, 0.6) is 11.5 Å². The highest BCUT2D eigenvalue weighted by Gasteiger charge is 2.26. The van der Waals surface area contributed by atoms with Crippen LogP contribution in [-0.2, 0) is 11.2 Å². The summed E-state index contributed by atoms with van der Waals surface area (Å²) < 4.78 is 10.5. The van der Waals surface area contributed by atoms with E-state index in [0.717, 1.165) is 13.0 Å². The number of benzene rings is 1. The van der Waals surface area contributed by atoms with E-state index in [2.05, 4.69) is 28.6 Å². The number of rotatable bonds is 5. The summed E-state index contributed by atoms with van der Waals surface area (Å²) in [6.07, 6.45) is 0.988. The molecule has 0 saturated carbocycles. The van der Waals surface area contributed by atoms with E-state index in [0.29, 0.717) is 28.8 Å². The van der Waals surface area contributed by atoms with E-state index in [1.807, 2.05) is 0 Å². The summed E-state index contributed by atoms with van der Waals surface area (Å²) >= 11 is 7.95. The second-order valence-electron chi connectivity index (χ2n) is 5.93. The fourth-order valence-corrected chi connectivity index (χ4v) is 4.31. The Morgan fingerprint density at radius 2 is 2.12 bits per heavy atom. The first kappa shape index (κ1) is 18.0. The van der Waals surface area contributed by atoms with E-state index in [1.165, 1.54) is 17.6 Å². The SMILES string of the molecule is COc1cc(OC)c(NC(=O)CN2CCc3sccc3[C@H]2C)cc1Cl. The Morgan fingerprint density at radius 3 is 2.84 bits per heavy atom. The van der Waals surface area contributed by atoms with E-state index in [4.69, 9.17) is 21.1 Å². The van der Waals surface area contributed by atoms with Crippen molar-refractivity contribution >= 4 is 34.5 Å². The van der Waals surface area contributed by atoms with Crippen LogP contribution in [0.25, 0.3) is 0 Å². The third-order valence-corrected chi connectivity index (χ3v) is 5.79. The number of nitrogens with zero attached hydrogens (tertiary/aromatic N) is 1. The van der Waals surface area contributed by atoms with Gasteiger partial charge in [-0.1, -0.05) is 11.6 Å². The van der Waals surface area contributed by atoms with Crippen LogP contribution < -0.4 is 14.8 Å². The molecule has 1 aromatic carbocycles. The second-order valence-corrected chi connectivity index (χ2v) is 7.34. The molecule has 1 aliphatic heterocycles. The molecule has 134 valence electrons. The van der Waals surface area contributed by atoms with Crippen LogP contribution in [0.15, 0.2) is 23.6 Å². The van der Waals surface area contributed by atoms with Crippen LogP contribution in [0, 0.1) is 0 Å². The standard InChI is InChI=1S/C18H21ClN2O3S/c1-11-12-5-7-25-17(12)4-6-21(11)10-18(22)20-14-8-13(19)15(23-2)9-16(14)24-3/h5,7-9,11H,4,6,10H2,1-3H3,(H,20,22)/t11-/m1/s1. The molecule has 5 nitrogen and oxygen atoms in total. The third kappa shape index (κ3) is 3.76. The minimum absolute atomic E-state index is 0.0925. The Bertz CT molecular complexity index is 778. The fraction of sp³-hybridized carbons (Fsp3) is 0.389. The predicted molar refractivity (Wildman–Crippen MR) is 101 cm³/mol. The van der Waals surface area contributed by atoms with E-state index in [-0.39, 0.29) is 11.9 Å². The molecule has 0 bridgehead atoms. The highest BCUT2D eigenvalue weighted by atomic mass is 35.5. The molecule has 7 heteroatoms. The van der Waals surface area contributed by atoms with E-state index < -0.39 is 0 Å². The van der Waals surface area contributed by atoms with Gasteiger partial charge in [0.2, 0.25) is 5.91 Å². The molecule has 0 saturated heterocycles.